The first kappa shape index (κ1) is 14.6. The quantitative estimate of drug-likeness (QED) is 0.774. The van der Waals surface area contributed by atoms with E-state index < -0.39 is 0 Å². The molecule has 0 aromatic carbocycles. The average molecular weight is 264 g/mol. The van der Waals surface area contributed by atoms with Crippen LogP contribution in [0.4, 0.5) is 0 Å². The fourth-order valence-corrected chi connectivity index (χ4v) is 3.81. The number of fused-ring (bicyclic) bond motifs is 2. The normalized spacial score (nSPS) is 34.1. The van der Waals surface area contributed by atoms with Crippen LogP contribution in [0.1, 0.15) is 39.0 Å². The maximum Gasteiger partial charge on any atom is 0.243 e. The Morgan fingerprint density at radius 1 is 1.26 bits per heavy atom. The van der Waals surface area contributed by atoms with Crippen molar-refractivity contribution in [2.45, 2.75) is 45.1 Å². The van der Waals surface area contributed by atoms with E-state index in [1.165, 1.54) is 32.1 Å². The average Bonchev–Trinajstić information content (AvgIpc) is 2.61. The van der Waals surface area contributed by atoms with Crippen molar-refractivity contribution in [1.82, 2.24) is 10.2 Å². The Hall–Kier alpha value is -0.830. The van der Waals surface area contributed by atoms with Crippen LogP contribution in [-0.4, -0.2) is 37.5 Å². The summed E-state index contributed by atoms with van der Waals surface area (Å²) in [5.41, 5.74) is 0. The molecule has 0 heterocycles. The minimum Gasteiger partial charge on any atom is -0.349 e. The van der Waals surface area contributed by atoms with Gasteiger partial charge in [-0.2, -0.15) is 0 Å². The summed E-state index contributed by atoms with van der Waals surface area (Å²) in [5, 5.41) is 3.26. The molecule has 3 heteroatoms. The summed E-state index contributed by atoms with van der Waals surface area (Å²) in [6, 6.07) is 0.444. The minimum absolute atomic E-state index is 0.0960. The highest BCUT2D eigenvalue weighted by molar-refractivity contribution is 5.87. The van der Waals surface area contributed by atoms with Crippen molar-refractivity contribution in [3.63, 3.8) is 0 Å². The molecule has 2 bridgehead atoms. The highest BCUT2D eigenvalue weighted by Gasteiger charge is 2.42. The van der Waals surface area contributed by atoms with E-state index in [4.69, 9.17) is 0 Å². The summed E-state index contributed by atoms with van der Waals surface area (Å²) in [6.45, 7) is 3.12. The standard InChI is InChI=1S/C16H28N2O/c1-4-12-10-13-7-8-14(11-12)16(13)17-15(19)6-5-9-18(2)3/h5-6,12-14,16H,4,7-11H2,1-3H3,(H,17,19)/b6-5+. The van der Waals surface area contributed by atoms with Gasteiger partial charge < -0.3 is 10.2 Å². The molecule has 2 fully saturated rings. The van der Waals surface area contributed by atoms with Crippen LogP contribution < -0.4 is 5.32 Å². The zero-order valence-electron chi connectivity index (χ0n) is 12.6. The number of rotatable bonds is 5. The molecule has 0 aromatic rings. The van der Waals surface area contributed by atoms with Crippen molar-refractivity contribution < 1.29 is 4.79 Å². The van der Waals surface area contributed by atoms with E-state index in [-0.39, 0.29) is 5.91 Å². The van der Waals surface area contributed by atoms with E-state index in [0.29, 0.717) is 6.04 Å². The molecule has 0 saturated heterocycles. The van der Waals surface area contributed by atoms with E-state index in [2.05, 4.69) is 17.1 Å². The molecule has 2 atom stereocenters. The van der Waals surface area contributed by atoms with Gasteiger partial charge in [-0.05, 0) is 57.5 Å². The molecule has 0 spiro atoms. The highest BCUT2D eigenvalue weighted by Crippen LogP contribution is 2.45. The van der Waals surface area contributed by atoms with Gasteiger partial charge in [0.15, 0.2) is 0 Å². The monoisotopic (exact) mass is 264 g/mol. The molecule has 19 heavy (non-hydrogen) atoms. The van der Waals surface area contributed by atoms with Gasteiger partial charge in [-0.25, -0.2) is 0 Å². The molecule has 108 valence electrons. The molecular formula is C16H28N2O. The Bertz CT molecular complexity index is 324. The van der Waals surface area contributed by atoms with Crippen LogP contribution in [0.15, 0.2) is 12.2 Å². The second kappa shape index (κ2) is 6.56. The zero-order chi connectivity index (χ0) is 13.8. The Morgan fingerprint density at radius 3 is 2.42 bits per heavy atom. The van der Waals surface area contributed by atoms with Gasteiger partial charge in [-0.1, -0.05) is 19.4 Å². The number of likely N-dealkylation sites (N-methyl/N-ethyl adjacent to an activating group) is 1. The lowest BCUT2D eigenvalue weighted by molar-refractivity contribution is -0.118. The summed E-state index contributed by atoms with van der Waals surface area (Å²) < 4.78 is 0. The molecule has 0 aliphatic heterocycles. The molecule has 0 aromatic heterocycles. The number of carbonyl (C=O) groups excluding carboxylic acids is 1. The van der Waals surface area contributed by atoms with Crippen molar-refractivity contribution in [3.8, 4) is 0 Å². The van der Waals surface area contributed by atoms with E-state index >= 15 is 0 Å². The summed E-state index contributed by atoms with van der Waals surface area (Å²) in [7, 11) is 4.02. The van der Waals surface area contributed by atoms with Gasteiger partial charge in [0.25, 0.3) is 0 Å². The summed E-state index contributed by atoms with van der Waals surface area (Å²) in [4.78, 5) is 14.0. The van der Waals surface area contributed by atoms with Crippen molar-refractivity contribution >= 4 is 5.91 Å². The number of nitrogens with one attached hydrogen (secondary N) is 1. The number of nitrogens with zero attached hydrogens (tertiary/aromatic N) is 1. The fourth-order valence-electron chi connectivity index (χ4n) is 3.81. The molecule has 2 saturated carbocycles. The lowest BCUT2D eigenvalue weighted by atomic mass is 9.76. The van der Waals surface area contributed by atoms with Crippen molar-refractivity contribution in [2.24, 2.45) is 17.8 Å². The Balaban J connectivity index is 1.83. The highest BCUT2D eigenvalue weighted by atomic mass is 16.1. The number of carbonyl (C=O) groups is 1. The van der Waals surface area contributed by atoms with Gasteiger partial charge in [-0.15, -0.1) is 0 Å². The fraction of sp³-hybridized carbons (Fsp3) is 0.812. The van der Waals surface area contributed by atoms with E-state index in [1.807, 2.05) is 20.2 Å². The van der Waals surface area contributed by atoms with Gasteiger partial charge in [-0.3, -0.25) is 4.79 Å². The van der Waals surface area contributed by atoms with Crippen LogP contribution in [0, 0.1) is 17.8 Å². The first-order chi connectivity index (χ1) is 9.10. The third kappa shape index (κ3) is 3.82. The summed E-state index contributed by atoms with van der Waals surface area (Å²) in [6.07, 6.45) is 10.2. The molecule has 2 rings (SSSR count). The third-order valence-electron chi connectivity index (χ3n) is 4.82. The first-order valence-corrected chi connectivity index (χ1v) is 7.72. The van der Waals surface area contributed by atoms with Crippen molar-refractivity contribution in [2.75, 3.05) is 20.6 Å². The van der Waals surface area contributed by atoms with Crippen LogP contribution in [0.25, 0.3) is 0 Å². The molecule has 3 nitrogen and oxygen atoms in total. The molecular weight excluding hydrogens is 236 g/mol. The SMILES string of the molecule is CCC1CC2CCC(C1)C2NC(=O)/C=C/CN(C)C. The molecule has 1 amide bonds. The maximum absolute atomic E-state index is 11.9. The largest absolute Gasteiger partial charge is 0.349 e. The second-order valence-electron chi connectivity index (χ2n) is 6.54. The topological polar surface area (TPSA) is 32.3 Å². The summed E-state index contributed by atoms with van der Waals surface area (Å²) >= 11 is 0. The Labute approximate surface area is 117 Å². The molecule has 0 radical (unpaired) electrons. The van der Waals surface area contributed by atoms with Gasteiger partial charge in [0.2, 0.25) is 5.91 Å². The van der Waals surface area contributed by atoms with E-state index in [0.717, 1.165) is 24.3 Å². The predicted molar refractivity (Wildman–Crippen MR) is 78.9 cm³/mol. The Kier molecular flexibility index (Phi) is 5.03. The van der Waals surface area contributed by atoms with Crippen LogP contribution in [0.5, 0.6) is 0 Å². The van der Waals surface area contributed by atoms with Crippen molar-refractivity contribution in [1.29, 1.82) is 0 Å². The lowest BCUT2D eigenvalue weighted by Crippen LogP contribution is -2.44. The molecule has 2 unspecified atom stereocenters. The van der Waals surface area contributed by atoms with Crippen LogP contribution >= 0.6 is 0 Å². The number of hydrogen-bond donors (Lipinski definition) is 1. The summed E-state index contributed by atoms with van der Waals surface area (Å²) in [5.74, 6) is 2.46. The zero-order valence-corrected chi connectivity index (χ0v) is 12.6. The lowest BCUT2D eigenvalue weighted by Gasteiger charge is -2.35. The van der Waals surface area contributed by atoms with Gasteiger partial charge in [0, 0.05) is 18.7 Å². The Morgan fingerprint density at radius 2 is 1.89 bits per heavy atom. The minimum atomic E-state index is 0.0960. The van der Waals surface area contributed by atoms with Gasteiger partial charge in [0.05, 0.1) is 0 Å². The van der Waals surface area contributed by atoms with E-state index in [9.17, 15) is 4.79 Å². The van der Waals surface area contributed by atoms with Crippen molar-refractivity contribution in [3.05, 3.63) is 12.2 Å². The third-order valence-corrected chi connectivity index (χ3v) is 4.82. The molecule has 2 aliphatic carbocycles. The first-order valence-electron chi connectivity index (χ1n) is 7.72. The van der Waals surface area contributed by atoms with Crippen LogP contribution in [-0.2, 0) is 4.79 Å². The van der Waals surface area contributed by atoms with Gasteiger partial charge in [0.1, 0.15) is 0 Å². The number of amides is 1. The number of hydrogen-bond acceptors (Lipinski definition) is 2. The van der Waals surface area contributed by atoms with Crippen LogP contribution in [0.3, 0.4) is 0 Å². The molecule has 2 aliphatic rings. The van der Waals surface area contributed by atoms with Gasteiger partial charge >= 0.3 is 0 Å². The van der Waals surface area contributed by atoms with Crippen LogP contribution in [0.2, 0.25) is 0 Å². The van der Waals surface area contributed by atoms with E-state index in [1.54, 1.807) is 6.08 Å². The predicted octanol–water partition coefficient (Wildman–Crippen LogP) is 2.44. The molecule has 1 N–H and O–H groups in total. The second-order valence-corrected chi connectivity index (χ2v) is 6.54. The smallest absolute Gasteiger partial charge is 0.243 e. The maximum atomic E-state index is 11.9.